The monoisotopic (exact) mass is 581 g/mol. The average molecular weight is 583 g/mol. The van der Waals surface area contributed by atoms with E-state index in [0.29, 0.717) is 61.0 Å². The summed E-state index contributed by atoms with van der Waals surface area (Å²) in [5, 5.41) is 3.74. The van der Waals surface area contributed by atoms with E-state index in [1.165, 1.54) is 0 Å². The predicted molar refractivity (Wildman–Crippen MR) is 141 cm³/mol. The van der Waals surface area contributed by atoms with Gasteiger partial charge in [-0.25, -0.2) is 14.2 Å². The Bertz CT molecular complexity index is 1280. The number of hydrogen-bond acceptors (Lipinski definition) is 6. The second kappa shape index (κ2) is 8.70. The Balaban J connectivity index is 1.67. The van der Waals surface area contributed by atoms with E-state index in [2.05, 4.69) is 31.0 Å². The molecule has 1 aromatic heterocycles. The Kier molecular flexibility index (Phi) is 6.16. The van der Waals surface area contributed by atoms with Gasteiger partial charge in [0.2, 0.25) is 5.91 Å². The third-order valence-electron chi connectivity index (χ3n) is 7.29. The highest BCUT2D eigenvalue weighted by atomic mass is 79.9. The van der Waals surface area contributed by atoms with Gasteiger partial charge in [-0.15, -0.1) is 0 Å². The van der Waals surface area contributed by atoms with Gasteiger partial charge in [0.1, 0.15) is 11.1 Å². The van der Waals surface area contributed by atoms with Gasteiger partial charge in [-0.05, 0) is 69.7 Å². The van der Waals surface area contributed by atoms with Crippen LogP contribution in [0.2, 0.25) is 5.02 Å². The first kappa shape index (κ1) is 25.5. The third-order valence-corrected chi connectivity index (χ3v) is 8.59. The quantitative estimate of drug-likeness (QED) is 0.515. The first-order valence-corrected chi connectivity index (χ1v) is 13.2. The van der Waals surface area contributed by atoms with Crippen LogP contribution in [0, 0.1) is 5.82 Å². The van der Waals surface area contributed by atoms with Gasteiger partial charge in [-0.3, -0.25) is 4.79 Å². The number of anilines is 2. The van der Waals surface area contributed by atoms with Crippen molar-refractivity contribution in [3.8, 4) is 0 Å². The van der Waals surface area contributed by atoms with Crippen LogP contribution in [-0.4, -0.2) is 78.7 Å². The standard InChI is InChI=1S/C25H30BrClFN5O3/c1-24(2,3)36-23(35)32-8-6-7-25(12-32)16-14-9-15(27)17(26)18(28)19(14)29-21(20(16)30-22(25)34)33-10-13(11-33)31(4)5/h9,13H,6-8,10-12H2,1-5H3,(H,30,34). The summed E-state index contributed by atoms with van der Waals surface area (Å²) in [7, 11) is 4.03. The normalized spacial score (nSPS) is 22.3. The molecule has 2 saturated heterocycles. The zero-order valence-corrected chi connectivity index (χ0v) is 23.4. The van der Waals surface area contributed by atoms with Crippen LogP contribution in [0.25, 0.3) is 10.9 Å². The number of likely N-dealkylation sites (N-methyl/N-ethyl adjacent to an activating group) is 1. The van der Waals surface area contributed by atoms with Crippen LogP contribution in [0.15, 0.2) is 10.5 Å². The summed E-state index contributed by atoms with van der Waals surface area (Å²) in [6, 6.07) is 2.00. The number of hydrogen-bond donors (Lipinski definition) is 1. The summed E-state index contributed by atoms with van der Waals surface area (Å²) in [6.45, 7) is 7.46. The number of benzene rings is 1. The number of pyridine rings is 1. The van der Waals surface area contributed by atoms with Gasteiger partial charge >= 0.3 is 6.09 Å². The van der Waals surface area contributed by atoms with E-state index >= 15 is 4.39 Å². The van der Waals surface area contributed by atoms with Gasteiger partial charge in [-0.1, -0.05) is 11.6 Å². The number of ether oxygens (including phenoxy) is 1. The molecule has 2 aromatic rings. The highest BCUT2D eigenvalue weighted by molar-refractivity contribution is 9.10. The lowest BCUT2D eigenvalue weighted by atomic mass is 9.73. The number of carbonyl (C=O) groups is 2. The summed E-state index contributed by atoms with van der Waals surface area (Å²) >= 11 is 9.62. The Morgan fingerprint density at radius 3 is 2.69 bits per heavy atom. The molecule has 1 N–H and O–H groups in total. The molecule has 3 aliphatic rings. The van der Waals surface area contributed by atoms with Crippen molar-refractivity contribution in [1.29, 1.82) is 0 Å². The predicted octanol–water partition coefficient (Wildman–Crippen LogP) is 4.76. The van der Waals surface area contributed by atoms with Crippen molar-refractivity contribution in [2.75, 3.05) is 50.5 Å². The molecule has 0 saturated carbocycles. The molecular weight excluding hydrogens is 553 g/mol. The van der Waals surface area contributed by atoms with Crippen LogP contribution in [0.4, 0.5) is 20.7 Å². The lowest BCUT2D eigenvalue weighted by Gasteiger charge is -2.44. The Hall–Kier alpha value is -2.17. The molecule has 2 fully saturated rings. The molecule has 36 heavy (non-hydrogen) atoms. The van der Waals surface area contributed by atoms with Gasteiger partial charge in [-0.2, -0.15) is 0 Å². The topological polar surface area (TPSA) is 78.0 Å². The van der Waals surface area contributed by atoms with Crippen molar-refractivity contribution in [1.82, 2.24) is 14.8 Å². The van der Waals surface area contributed by atoms with Gasteiger partial charge in [0.15, 0.2) is 11.6 Å². The number of nitrogens with one attached hydrogen (secondary N) is 1. The highest BCUT2D eigenvalue weighted by Gasteiger charge is 2.53. The van der Waals surface area contributed by atoms with Crippen molar-refractivity contribution in [3.63, 3.8) is 0 Å². The van der Waals surface area contributed by atoms with E-state index in [1.807, 2.05) is 34.9 Å². The maximum absolute atomic E-state index is 15.5. The van der Waals surface area contributed by atoms with Crippen LogP contribution in [-0.2, 0) is 14.9 Å². The first-order chi connectivity index (χ1) is 16.8. The SMILES string of the molecule is CN(C)C1CN(c2nc3c(F)c(Br)c(Cl)cc3c3c2NC(=O)C32CCCN(C(=O)OC(C)(C)C)C2)C1. The lowest BCUT2D eigenvalue weighted by molar-refractivity contribution is -0.122. The van der Waals surface area contributed by atoms with Gasteiger partial charge in [0.25, 0.3) is 0 Å². The molecular formula is C25H30BrClFN5O3. The molecule has 1 aromatic carbocycles. The number of aromatic nitrogens is 1. The number of rotatable bonds is 2. The number of amides is 2. The van der Waals surface area contributed by atoms with Crippen LogP contribution in [0.1, 0.15) is 39.2 Å². The lowest BCUT2D eigenvalue weighted by Crippen LogP contribution is -2.57. The zero-order chi connectivity index (χ0) is 26.2. The molecule has 2 amide bonds. The smallest absolute Gasteiger partial charge is 0.410 e. The molecule has 1 unspecified atom stereocenters. The number of carbonyl (C=O) groups excluding carboxylic acids is 2. The van der Waals surface area contributed by atoms with E-state index in [1.54, 1.807) is 11.0 Å². The first-order valence-electron chi connectivity index (χ1n) is 12.0. The molecule has 1 atom stereocenters. The molecule has 0 aliphatic carbocycles. The second-order valence-electron chi connectivity index (χ2n) is 11.1. The number of piperidine rings is 1. The van der Waals surface area contributed by atoms with Crippen LogP contribution < -0.4 is 10.2 Å². The van der Waals surface area contributed by atoms with Crippen molar-refractivity contribution in [2.24, 2.45) is 0 Å². The van der Waals surface area contributed by atoms with Crippen molar-refractivity contribution >= 4 is 61.9 Å². The summed E-state index contributed by atoms with van der Waals surface area (Å²) in [4.78, 5) is 37.2. The summed E-state index contributed by atoms with van der Waals surface area (Å²) in [5.41, 5.74) is -0.338. The number of nitrogens with zero attached hydrogens (tertiary/aromatic N) is 4. The molecule has 8 nitrogen and oxygen atoms in total. The molecule has 5 rings (SSSR count). The van der Waals surface area contributed by atoms with Crippen molar-refractivity contribution < 1.29 is 18.7 Å². The van der Waals surface area contributed by atoms with E-state index in [0.717, 1.165) is 0 Å². The highest BCUT2D eigenvalue weighted by Crippen LogP contribution is 2.52. The minimum Gasteiger partial charge on any atom is -0.444 e. The fraction of sp³-hybridized carbons (Fsp3) is 0.560. The Morgan fingerprint density at radius 1 is 1.36 bits per heavy atom. The fourth-order valence-electron chi connectivity index (χ4n) is 5.37. The van der Waals surface area contributed by atoms with Gasteiger partial charge in [0.05, 0.1) is 20.6 Å². The molecule has 3 aliphatic heterocycles. The van der Waals surface area contributed by atoms with E-state index in [9.17, 15) is 9.59 Å². The van der Waals surface area contributed by atoms with Crippen LogP contribution in [0.5, 0.6) is 0 Å². The van der Waals surface area contributed by atoms with Crippen molar-refractivity contribution in [2.45, 2.75) is 50.7 Å². The maximum Gasteiger partial charge on any atom is 0.410 e. The average Bonchev–Trinajstić information content (AvgIpc) is 3.02. The molecule has 11 heteroatoms. The summed E-state index contributed by atoms with van der Waals surface area (Å²) < 4.78 is 21.3. The minimum atomic E-state index is -1.06. The van der Waals surface area contributed by atoms with Gasteiger partial charge < -0.3 is 24.8 Å². The van der Waals surface area contributed by atoms with Gasteiger partial charge in [0, 0.05) is 43.2 Å². The number of likely N-dealkylation sites (tertiary alicyclic amines) is 1. The van der Waals surface area contributed by atoms with Crippen molar-refractivity contribution in [3.05, 3.63) is 26.9 Å². The fourth-order valence-corrected chi connectivity index (χ4v) is 5.86. The van der Waals surface area contributed by atoms with E-state index in [4.69, 9.17) is 21.3 Å². The number of halogens is 3. The molecule has 1 spiro atoms. The third kappa shape index (κ3) is 4.01. The maximum atomic E-state index is 15.5. The van der Waals surface area contributed by atoms with Crippen LogP contribution in [0.3, 0.4) is 0 Å². The molecule has 194 valence electrons. The largest absolute Gasteiger partial charge is 0.444 e. The molecule has 0 radical (unpaired) electrons. The molecule has 0 bridgehead atoms. The minimum absolute atomic E-state index is 0.134. The van der Waals surface area contributed by atoms with E-state index < -0.39 is 22.9 Å². The summed E-state index contributed by atoms with van der Waals surface area (Å²) in [5.74, 6) is -0.241. The second-order valence-corrected chi connectivity index (χ2v) is 12.3. The Labute approximate surface area is 223 Å². The van der Waals surface area contributed by atoms with E-state index in [-0.39, 0.29) is 27.5 Å². The zero-order valence-electron chi connectivity index (χ0n) is 21.0. The number of fused-ring (bicyclic) bond motifs is 4. The summed E-state index contributed by atoms with van der Waals surface area (Å²) in [6.07, 6.45) is 0.647. The Morgan fingerprint density at radius 2 is 2.06 bits per heavy atom. The molecule has 4 heterocycles. The van der Waals surface area contributed by atoms with Crippen LogP contribution >= 0.6 is 27.5 Å².